The van der Waals surface area contributed by atoms with E-state index in [0.717, 1.165) is 55.6 Å². The Labute approximate surface area is 459 Å². The maximum Gasteiger partial charge on any atom is 0.155 e. The lowest BCUT2D eigenvalue weighted by molar-refractivity contribution is 0.632. The topological polar surface area (TPSA) is 6.48 Å². The third-order valence-corrected chi connectivity index (χ3v) is 14.9. The fraction of sp³-hybridized carbons (Fsp3) is 0.111. The summed E-state index contributed by atoms with van der Waals surface area (Å²) in [6.07, 6.45) is 0. The minimum Gasteiger partial charge on any atom is -0.307 e. The smallest absolute Gasteiger partial charge is 0.155 e. The highest BCUT2D eigenvalue weighted by Gasteiger charge is 2.29. The van der Waals surface area contributed by atoms with E-state index in [1.54, 1.807) is 24.3 Å². The molecular weight excluding hydrogens is 931 g/mol. The van der Waals surface area contributed by atoms with E-state index in [4.69, 9.17) is 8.22 Å². The molecule has 0 bridgehead atoms. The molecule has 12 aromatic carbocycles. The molecule has 12 rings (SSSR count). The lowest BCUT2D eigenvalue weighted by atomic mass is 9.87. The van der Waals surface area contributed by atoms with Crippen molar-refractivity contribution in [1.82, 2.24) is 0 Å². The van der Waals surface area contributed by atoms with Gasteiger partial charge in [-0.2, -0.15) is 0 Å². The van der Waals surface area contributed by atoms with E-state index < -0.39 is 72.1 Å². The molecular formula is C72H58F2N2. The number of halogens is 2. The molecule has 76 heavy (non-hydrogen) atoms. The van der Waals surface area contributed by atoms with Crippen molar-refractivity contribution in [2.24, 2.45) is 0 Å². The van der Waals surface area contributed by atoms with Crippen LogP contribution < -0.4 is 9.80 Å². The summed E-state index contributed by atoms with van der Waals surface area (Å²) in [7, 11) is 0. The van der Waals surface area contributed by atoms with Crippen LogP contribution in [0.1, 0.15) is 58.2 Å². The van der Waals surface area contributed by atoms with E-state index >= 15 is 8.78 Å². The quantitative estimate of drug-likeness (QED) is 0.126. The lowest BCUT2D eigenvalue weighted by Crippen LogP contribution is -2.14. The highest BCUT2D eigenvalue weighted by atomic mass is 19.1. The molecule has 0 fully saturated rings. The van der Waals surface area contributed by atoms with Gasteiger partial charge in [0.2, 0.25) is 0 Å². The first-order chi connectivity index (χ1) is 41.0. The van der Waals surface area contributed by atoms with Crippen molar-refractivity contribution in [2.75, 3.05) is 9.80 Å². The zero-order chi connectivity index (χ0) is 61.2. The normalized spacial score (nSPS) is 13.4. The Morgan fingerprint density at radius 2 is 0.618 bits per heavy atom. The molecule has 0 N–H and O–H groups in total. The van der Waals surface area contributed by atoms with Crippen molar-refractivity contribution in [3.05, 3.63) is 262 Å². The van der Waals surface area contributed by atoms with Gasteiger partial charge in [0, 0.05) is 33.3 Å². The first kappa shape index (κ1) is 37.8. The largest absolute Gasteiger partial charge is 0.307 e. The van der Waals surface area contributed by atoms with Gasteiger partial charge in [-0.25, -0.2) is 8.78 Å². The third kappa shape index (κ3) is 8.17. The Hall–Kier alpha value is -8.86. The zero-order valence-electron chi connectivity index (χ0n) is 53.5. The molecule has 12 aromatic rings. The summed E-state index contributed by atoms with van der Waals surface area (Å²) in [5.74, 6) is -1.40. The Kier molecular flexibility index (Phi) is 9.51. The molecule has 0 aliphatic carbocycles. The van der Waals surface area contributed by atoms with Crippen LogP contribution in [0.5, 0.6) is 0 Å². The van der Waals surface area contributed by atoms with E-state index in [1.165, 1.54) is 9.80 Å². The maximum absolute atomic E-state index is 18.9. The van der Waals surface area contributed by atoms with Crippen molar-refractivity contribution in [1.29, 1.82) is 0 Å². The van der Waals surface area contributed by atoms with Crippen LogP contribution in [0, 0.1) is 67.0 Å². The Balaban J connectivity index is 1.18. The Morgan fingerprint density at radius 1 is 0.316 bits per heavy atom. The molecule has 0 saturated carbocycles. The molecule has 0 aromatic heterocycles. The van der Waals surface area contributed by atoms with Crippen LogP contribution in [0.2, 0.25) is 0 Å². The average Bonchev–Trinajstić information content (AvgIpc) is 0.799. The second kappa shape index (κ2) is 19.1. The zero-order valence-corrected chi connectivity index (χ0v) is 43.5. The fourth-order valence-corrected chi connectivity index (χ4v) is 11.5. The van der Waals surface area contributed by atoms with Crippen LogP contribution >= 0.6 is 0 Å². The van der Waals surface area contributed by atoms with Crippen LogP contribution in [-0.4, -0.2) is 0 Å². The SMILES string of the molecule is [2H]c1c([2H])c([2H])c(N(c2ccc(-c3ccc(C)cc3C)c(-c3ccc(C)cc3C)c2F)c2ccc3ccc4c(N(c5ccc(-c6ccc(C)cc6C)c(-c6ccc(C)cc6C)c5F)c5c([2H])c([2H])c([2H])c([2H])c5[2H])ccc5ccc2c3c54)c([2H])c1[2H]. The molecule has 0 saturated heterocycles. The lowest BCUT2D eigenvalue weighted by Gasteiger charge is -2.31. The number of anilines is 6. The highest BCUT2D eigenvalue weighted by Crippen LogP contribution is 2.51. The molecule has 0 unspecified atom stereocenters. The number of nitrogens with zero attached hydrogens (tertiary/aromatic N) is 2. The minimum absolute atomic E-state index is 0.0884. The fourth-order valence-electron chi connectivity index (χ4n) is 11.5. The van der Waals surface area contributed by atoms with Crippen LogP contribution in [-0.2, 0) is 0 Å². The molecule has 0 heterocycles. The van der Waals surface area contributed by atoms with Gasteiger partial charge in [-0.05, 0) is 181 Å². The van der Waals surface area contributed by atoms with Crippen LogP contribution in [0.15, 0.2) is 206 Å². The van der Waals surface area contributed by atoms with Crippen molar-refractivity contribution >= 4 is 66.4 Å². The van der Waals surface area contributed by atoms with Crippen LogP contribution in [0.25, 0.3) is 76.8 Å². The summed E-state index contributed by atoms with van der Waals surface area (Å²) in [5.41, 5.74) is 11.8. The van der Waals surface area contributed by atoms with E-state index in [1.807, 2.05) is 177 Å². The first-order valence-corrected chi connectivity index (χ1v) is 25.4. The molecule has 0 spiro atoms. The van der Waals surface area contributed by atoms with Gasteiger partial charge in [0.15, 0.2) is 11.6 Å². The van der Waals surface area contributed by atoms with Crippen molar-refractivity contribution < 1.29 is 22.5 Å². The number of hydrogen-bond acceptors (Lipinski definition) is 2. The van der Waals surface area contributed by atoms with E-state index in [0.29, 0.717) is 54.6 Å². The van der Waals surface area contributed by atoms with Gasteiger partial charge in [-0.3, -0.25) is 0 Å². The monoisotopic (exact) mass is 999 g/mol. The summed E-state index contributed by atoms with van der Waals surface area (Å²) in [6, 6.07) is 39.0. The van der Waals surface area contributed by atoms with E-state index in [9.17, 15) is 5.48 Å². The average molecular weight is 999 g/mol. The molecule has 0 atom stereocenters. The van der Waals surface area contributed by atoms with Crippen molar-refractivity contribution in [3.8, 4) is 44.5 Å². The number of para-hydroxylation sites is 2. The number of benzene rings is 12. The Bertz CT molecular complexity index is 4500. The van der Waals surface area contributed by atoms with Gasteiger partial charge in [0.1, 0.15) is 0 Å². The predicted octanol–water partition coefficient (Wildman–Crippen LogP) is 20.9. The highest BCUT2D eigenvalue weighted by molar-refractivity contribution is 6.28. The third-order valence-electron chi connectivity index (χ3n) is 14.9. The summed E-state index contributed by atoms with van der Waals surface area (Å²) in [6.45, 7) is 15.7. The van der Waals surface area contributed by atoms with Crippen molar-refractivity contribution in [2.45, 2.75) is 55.4 Å². The number of aryl methyl sites for hydroxylation is 8. The molecule has 370 valence electrons. The Morgan fingerprint density at radius 3 is 0.961 bits per heavy atom. The van der Waals surface area contributed by atoms with Gasteiger partial charge in [-0.15, -0.1) is 0 Å². The predicted molar refractivity (Wildman–Crippen MR) is 319 cm³/mol. The minimum atomic E-state index is -0.700. The van der Waals surface area contributed by atoms with Crippen LogP contribution in [0.3, 0.4) is 0 Å². The van der Waals surface area contributed by atoms with E-state index in [-0.39, 0.29) is 45.3 Å². The number of hydrogen-bond donors (Lipinski definition) is 0. The summed E-state index contributed by atoms with van der Waals surface area (Å²) < 4.78 is 129. The van der Waals surface area contributed by atoms with E-state index in [2.05, 4.69) is 0 Å². The van der Waals surface area contributed by atoms with Gasteiger partial charge < -0.3 is 9.80 Å². The summed E-state index contributed by atoms with van der Waals surface area (Å²) in [5, 5.41) is 3.62. The van der Waals surface area contributed by atoms with Gasteiger partial charge in [0.25, 0.3) is 0 Å². The van der Waals surface area contributed by atoms with Gasteiger partial charge >= 0.3 is 0 Å². The molecule has 0 aliphatic heterocycles. The number of rotatable bonds is 10. The molecule has 0 amide bonds. The second-order valence-electron chi connectivity index (χ2n) is 20.1. The molecule has 4 heteroatoms. The molecule has 0 aliphatic rings. The summed E-state index contributed by atoms with van der Waals surface area (Å²) in [4.78, 5) is 2.84. The standard InChI is InChI=1S/C72H58F2N2/c1-43-19-27-55(47(5)39-43)59-33-37-65(71(73)69(59)57-29-21-45(3)41-49(57)7)75(53-15-11-9-12-16-53)63-35-25-51-24-32-62-64(36-26-52-23-31-61(63)67(51)68(52)62)76(54-17-13-10-14-18-54)66-38-34-60(56-28-20-44(2)40-48(56)6)70(72(66)74)58-30-22-46(4)42-50(58)8/h9-42H,1-8H3/i9D,10D,11D,12D,13D,14D,15D,16D,17D,18D. The maximum atomic E-state index is 18.9. The molecule has 2 nitrogen and oxygen atoms in total. The van der Waals surface area contributed by atoms with Crippen LogP contribution in [0.4, 0.5) is 42.9 Å². The van der Waals surface area contributed by atoms with Crippen molar-refractivity contribution in [3.63, 3.8) is 0 Å². The first-order valence-electron chi connectivity index (χ1n) is 30.4. The van der Waals surface area contributed by atoms with Gasteiger partial charge in [0.05, 0.1) is 36.5 Å². The molecule has 0 radical (unpaired) electrons. The second-order valence-corrected chi connectivity index (χ2v) is 20.1. The van der Waals surface area contributed by atoms with Gasteiger partial charge in [-0.1, -0.05) is 180 Å². The summed E-state index contributed by atoms with van der Waals surface area (Å²) >= 11 is 0.